The largest absolute Gasteiger partial charge is 0.353 e. The van der Waals surface area contributed by atoms with Crippen LogP contribution in [0.2, 0.25) is 0 Å². The number of carbonyl (C=O) groups excluding carboxylic acids is 1. The van der Waals surface area contributed by atoms with Crippen LogP contribution in [-0.4, -0.2) is 37.6 Å². The number of thiazole rings is 1. The van der Waals surface area contributed by atoms with Crippen LogP contribution in [0.3, 0.4) is 0 Å². The van der Waals surface area contributed by atoms with E-state index in [2.05, 4.69) is 30.9 Å². The maximum absolute atomic E-state index is 11.9. The summed E-state index contributed by atoms with van der Waals surface area (Å²) in [6, 6.07) is 0.0391. The van der Waals surface area contributed by atoms with E-state index < -0.39 is 0 Å². The molecule has 2 heterocycles. The number of aromatic nitrogens is 5. The fourth-order valence-electron chi connectivity index (χ4n) is 1.85. The Morgan fingerprint density at radius 1 is 1.55 bits per heavy atom. The molecule has 2 N–H and O–H groups in total. The number of tetrazole rings is 1. The second-order valence-electron chi connectivity index (χ2n) is 4.56. The van der Waals surface area contributed by atoms with Gasteiger partial charge in [-0.2, -0.15) is 5.21 Å². The van der Waals surface area contributed by atoms with Crippen LogP contribution in [0.4, 0.5) is 0 Å². The summed E-state index contributed by atoms with van der Waals surface area (Å²) in [4.78, 5) is 16.3. The summed E-state index contributed by atoms with van der Waals surface area (Å²) >= 11 is 1.61. The first kappa shape index (κ1) is 14.6. The molecule has 0 spiro atoms. The zero-order chi connectivity index (χ0) is 14.4. The minimum absolute atomic E-state index is 0.0333. The Kier molecular flexibility index (Phi) is 5.16. The second-order valence-corrected chi connectivity index (χ2v) is 5.62. The lowest BCUT2D eigenvalue weighted by molar-refractivity contribution is -0.121. The van der Waals surface area contributed by atoms with Crippen molar-refractivity contribution in [1.82, 2.24) is 30.9 Å². The third-order valence-corrected chi connectivity index (χ3v) is 3.77. The molecular formula is C12H18N6OS. The van der Waals surface area contributed by atoms with Crippen LogP contribution in [0.5, 0.6) is 0 Å². The van der Waals surface area contributed by atoms with Crippen molar-refractivity contribution in [3.8, 4) is 0 Å². The molecule has 0 aliphatic carbocycles. The molecule has 108 valence electrons. The summed E-state index contributed by atoms with van der Waals surface area (Å²) < 4.78 is 0. The molecule has 2 rings (SSSR count). The van der Waals surface area contributed by atoms with Crippen LogP contribution in [0.25, 0.3) is 0 Å². The molecule has 8 heteroatoms. The molecule has 1 unspecified atom stereocenters. The molecule has 2 aromatic rings. The molecule has 2 aromatic heterocycles. The Balaban J connectivity index is 1.77. The summed E-state index contributed by atoms with van der Waals surface area (Å²) in [5.41, 5.74) is 0.980. The lowest BCUT2D eigenvalue weighted by Gasteiger charge is -2.14. The van der Waals surface area contributed by atoms with Crippen LogP contribution in [0.15, 0.2) is 5.38 Å². The SMILES string of the molecule is CCC(Cc1nn[nH]n1)NC(=O)CCc1csc(C)n1. The van der Waals surface area contributed by atoms with Gasteiger partial charge in [0, 0.05) is 24.3 Å². The molecule has 7 nitrogen and oxygen atoms in total. The zero-order valence-electron chi connectivity index (χ0n) is 11.6. The van der Waals surface area contributed by atoms with Gasteiger partial charge in [0.2, 0.25) is 5.91 Å². The highest BCUT2D eigenvalue weighted by molar-refractivity contribution is 7.09. The van der Waals surface area contributed by atoms with Crippen molar-refractivity contribution in [3.63, 3.8) is 0 Å². The molecule has 0 aliphatic rings. The Labute approximate surface area is 121 Å². The number of aryl methyl sites for hydroxylation is 2. The van der Waals surface area contributed by atoms with Crippen LogP contribution in [-0.2, 0) is 17.6 Å². The van der Waals surface area contributed by atoms with Crippen molar-refractivity contribution in [2.24, 2.45) is 0 Å². The lowest BCUT2D eigenvalue weighted by atomic mass is 10.1. The Morgan fingerprint density at radius 2 is 2.40 bits per heavy atom. The number of hydrogen-bond acceptors (Lipinski definition) is 6. The lowest BCUT2D eigenvalue weighted by Crippen LogP contribution is -2.36. The topological polar surface area (TPSA) is 96.5 Å². The zero-order valence-corrected chi connectivity index (χ0v) is 12.4. The van der Waals surface area contributed by atoms with Gasteiger partial charge in [0.15, 0.2) is 5.82 Å². The number of nitrogens with one attached hydrogen (secondary N) is 2. The van der Waals surface area contributed by atoms with E-state index >= 15 is 0 Å². The first-order valence-electron chi connectivity index (χ1n) is 6.60. The maximum atomic E-state index is 11.9. The number of amides is 1. The fraction of sp³-hybridized carbons (Fsp3) is 0.583. The normalized spacial score (nSPS) is 12.3. The van der Waals surface area contributed by atoms with Gasteiger partial charge in [-0.25, -0.2) is 4.98 Å². The molecule has 0 aromatic carbocycles. The summed E-state index contributed by atoms with van der Waals surface area (Å²) in [5, 5.41) is 19.8. The summed E-state index contributed by atoms with van der Waals surface area (Å²) in [7, 11) is 0. The second kappa shape index (κ2) is 7.09. The van der Waals surface area contributed by atoms with Crippen LogP contribution < -0.4 is 5.32 Å². The minimum Gasteiger partial charge on any atom is -0.353 e. The number of rotatable bonds is 7. The third kappa shape index (κ3) is 4.37. The molecule has 0 bridgehead atoms. The fourth-order valence-corrected chi connectivity index (χ4v) is 2.50. The molecule has 0 fully saturated rings. The van der Waals surface area contributed by atoms with Crippen LogP contribution >= 0.6 is 11.3 Å². The van der Waals surface area contributed by atoms with Gasteiger partial charge in [0.1, 0.15) is 0 Å². The van der Waals surface area contributed by atoms with E-state index in [1.54, 1.807) is 11.3 Å². The highest BCUT2D eigenvalue weighted by atomic mass is 32.1. The average Bonchev–Trinajstić information content (AvgIpc) is 3.07. The van der Waals surface area contributed by atoms with Crippen LogP contribution in [0, 0.1) is 6.92 Å². The van der Waals surface area contributed by atoms with Crippen molar-refractivity contribution in [2.75, 3.05) is 0 Å². The highest BCUT2D eigenvalue weighted by Crippen LogP contribution is 2.10. The molecular weight excluding hydrogens is 276 g/mol. The van der Waals surface area contributed by atoms with E-state index in [1.165, 1.54) is 0 Å². The summed E-state index contributed by atoms with van der Waals surface area (Å²) in [6.45, 7) is 3.99. The van der Waals surface area contributed by atoms with E-state index in [9.17, 15) is 4.79 Å². The van der Waals surface area contributed by atoms with Gasteiger partial charge >= 0.3 is 0 Å². The van der Waals surface area contributed by atoms with Gasteiger partial charge in [-0.1, -0.05) is 12.1 Å². The molecule has 0 radical (unpaired) electrons. The first-order chi connectivity index (χ1) is 9.67. The van der Waals surface area contributed by atoms with E-state index in [0.29, 0.717) is 25.1 Å². The maximum Gasteiger partial charge on any atom is 0.220 e. The monoisotopic (exact) mass is 294 g/mol. The third-order valence-electron chi connectivity index (χ3n) is 2.95. The summed E-state index contributed by atoms with van der Waals surface area (Å²) in [6.07, 6.45) is 2.55. The van der Waals surface area contributed by atoms with E-state index in [1.807, 2.05) is 19.2 Å². The number of aromatic amines is 1. The average molecular weight is 294 g/mol. The van der Waals surface area contributed by atoms with Crippen molar-refractivity contribution >= 4 is 17.2 Å². The van der Waals surface area contributed by atoms with Crippen molar-refractivity contribution in [3.05, 3.63) is 21.9 Å². The predicted octanol–water partition coefficient (Wildman–Crippen LogP) is 1.03. The van der Waals surface area contributed by atoms with Gasteiger partial charge in [0.25, 0.3) is 0 Å². The number of hydrogen-bond donors (Lipinski definition) is 2. The van der Waals surface area contributed by atoms with E-state index in [0.717, 1.165) is 17.1 Å². The van der Waals surface area contributed by atoms with Gasteiger partial charge < -0.3 is 5.32 Å². The first-order valence-corrected chi connectivity index (χ1v) is 7.48. The number of H-pyrrole nitrogens is 1. The Hall–Kier alpha value is -1.83. The predicted molar refractivity (Wildman–Crippen MR) is 75.3 cm³/mol. The molecule has 0 saturated heterocycles. The van der Waals surface area contributed by atoms with E-state index in [4.69, 9.17) is 0 Å². The van der Waals surface area contributed by atoms with Crippen LogP contribution in [0.1, 0.15) is 36.3 Å². The molecule has 1 amide bonds. The minimum atomic E-state index is 0.0333. The summed E-state index contributed by atoms with van der Waals surface area (Å²) in [5.74, 6) is 0.651. The smallest absolute Gasteiger partial charge is 0.220 e. The van der Waals surface area contributed by atoms with Gasteiger partial charge in [-0.3, -0.25) is 4.79 Å². The quantitative estimate of drug-likeness (QED) is 0.795. The van der Waals surface area contributed by atoms with Crippen molar-refractivity contribution in [1.29, 1.82) is 0 Å². The molecule has 0 saturated carbocycles. The molecule has 1 atom stereocenters. The van der Waals surface area contributed by atoms with Crippen molar-refractivity contribution in [2.45, 2.75) is 45.6 Å². The van der Waals surface area contributed by atoms with Gasteiger partial charge in [-0.15, -0.1) is 21.5 Å². The standard InChI is InChI=1S/C12H18N6OS/c1-3-9(6-11-15-17-18-16-11)14-12(19)5-4-10-7-20-8(2)13-10/h7,9H,3-6H2,1-2H3,(H,14,19)(H,15,16,17,18). The number of carbonyl (C=O) groups is 1. The Morgan fingerprint density at radius 3 is 3.00 bits per heavy atom. The Bertz CT molecular complexity index is 538. The molecule has 20 heavy (non-hydrogen) atoms. The van der Waals surface area contributed by atoms with E-state index in [-0.39, 0.29) is 11.9 Å². The van der Waals surface area contributed by atoms with Crippen molar-refractivity contribution < 1.29 is 4.79 Å². The molecule has 0 aliphatic heterocycles. The van der Waals surface area contributed by atoms with Gasteiger partial charge in [-0.05, 0) is 19.8 Å². The number of nitrogens with zero attached hydrogens (tertiary/aromatic N) is 4. The van der Waals surface area contributed by atoms with Gasteiger partial charge in [0.05, 0.1) is 10.7 Å². The highest BCUT2D eigenvalue weighted by Gasteiger charge is 2.13.